The summed E-state index contributed by atoms with van der Waals surface area (Å²) in [5.41, 5.74) is 2.99. The van der Waals surface area contributed by atoms with Gasteiger partial charge in [-0.15, -0.1) is 5.10 Å². The zero-order valence-corrected chi connectivity index (χ0v) is 9.63. The molecule has 0 saturated heterocycles. The third-order valence-electron chi connectivity index (χ3n) is 2.34. The summed E-state index contributed by atoms with van der Waals surface area (Å²) in [6.07, 6.45) is 0.726. The van der Waals surface area contributed by atoms with Crippen LogP contribution in [0.4, 0.5) is 0 Å². The van der Waals surface area contributed by atoms with Crippen LogP contribution < -0.4 is 0 Å². The topological polar surface area (TPSA) is 47.8 Å². The summed E-state index contributed by atoms with van der Waals surface area (Å²) in [7, 11) is 0. The van der Waals surface area contributed by atoms with Gasteiger partial charge in [0.2, 0.25) is 0 Å². The lowest BCUT2D eigenvalue weighted by molar-refractivity contribution is 0.111. The maximum Gasteiger partial charge on any atom is 0.172 e. The average Bonchev–Trinajstić information content (AvgIpc) is 2.72. The van der Waals surface area contributed by atoms with Gasteiger partial charge in [-0.05, 0) is 6.92 Å². The average molecular weight is 227 g/mol. The quantitative estimate of drug-likeness (QED) is 0.595. The van der Waals surface area contributed by atoms with Crippen LogP contribution in [-0.2, 0) is 6.54 Å². The van der Waals surface area contributed by atoms with Crippen LogP contribution in [0, 0.1) is 0 Å². The van der Waals surface area contributed by atoms with Crippen LogP contribution in [-0.4, -0.2) is 21.3 Å². The minimum absolute atomic E-state index is 0.359. The smallest absolute Gasteiger partial charge is 0.172 e. The molecule has 17 heavy (non-hydrogen) atoms. The van der Waals surface area contributed by atoms with Gasteiger partial charge in [-0.3, -0.25) is 4.79 Å². The summed E-state index contributed by atoms with van der Waals surface area (Å²) in [4.78, 5) is 11.0. The van der Waals surface area contributed by atoms with Gasteiger partial charge in [-0.1, -0.05) is 47.7 Å². The number of carbonyl (C=O) groups is 1. The molecule has 0 aliphatic rings. The largest absolute Gasteiger partial charge is 0.296 e. The monoisotopic (exact) mass is 227 g/mol. The molecule has 0 saturated carbocycles. The Morgan fingerprint density at radius 1 is 1.41 bits per heavy atom. The van der Waals surface area contributed by atoms with Gasteiger partial charge < -0.3 is 0 Å². The van der Waals surface area contributed by atoms with Crippen LogP contribution in [0.15, 0.2) is 42.5 Å². The lowest BCUT2D eigenvalue weighted by atomic mass is 10.1. The molecule has 1 heterocycles. The van der Waals surface area contributed by atoms with Gasteiger partial charge in [0.15, 0.2) is 12.0 Å². The van der Waals surface area contributed by atoms with Gasteiger partial charge >= 0.3 is 0 Å². The highest BCUT2D eigenvalue weighted by Crippen LogP contribution is 2.21. The summed E-state index contributed by atoms with van der Waals surface area (Å²) in [6.45, 7) is 6.32. The zero-order chi connectivity index (χ0) is 12.3. The predicted molar refractivity (Wildman–Crippen MR) is 65.7 cm³/mol. The van der Waals surface area contributed by atoms with Crippen LogP contribution in [0.1, 0.15) is 17.4 Å². The number of rotatable bonds is 4. The molecule has 0 spiro atoms. The molecule has 0 radical (unpaired) electrons. The van der Waals surface area contributed by atoms with E-state index in [0.717, 1.165) is 23.1 Å². The molecule has 0 aliphatic carbocycles. The van der Waals surface area contributed by atoms with Crippen molar-refractivity contribution in [1.29, 1.82) is 0 Å². The standard InChI is InChI=1S/C13H13N3O/c1-10(2)8-16-13(12(9-17)14-15-16)11-6-4-3-5-7-11/h3-7,9H,1,8H2,2H3. The minimum atomic E-state index is 0.359. The number of allylic oxidation sites excluding steroid dienone is 1. The third-order valence-corrected chi connectivity index (χ3v) is 2.34. The molecule has 86 valence electrons. The molecule has 0 fully saturated rings. The van der Waals surface area contributed by atoms with E-state index in [0.29, 0.717) is 12.2 Å². The molecule has 4 heteroatoms. The maximum atomic E-state index is 11.0. The van der Waals surface area contributed by atoms with Crippen molar-refractivity contribution in [2.45, 2.75) is 13.5 Å². The van der Waals surface area contributed by atoms with Crippen LogP contribution in [0.2, 0.25) is 0 Å². The number of aldehydes is 1. The Balaban J connectivity index is 2.53. The molecule has 0 unspecified atom stereocenters. The fraction of sp³-hybridized carbons (Fsp3) is 0.154. The molecule has 0 N–H and O–H groups in total. The molecule has 0 bridgehead atoms. The summed E-state index contributed by atoms with van der Waals surface area (Å²) in [5, 5.41) is 7.85. The number of nitrogens with zero attached hydrogens (tertiary/aromatic N) is 3. The number of aromatic nitrogens is 3. The lowest BCUT2D eigenvalue weighted by Crippen LogP contribution is -2.03. The number of hydrogen-bond donors (Lipinski definition) is 0. The number of benzene rings is 1. The lowest BCUT2D eigenvalue weighted by Gasteiger charge is -2.06. The van der Waals surface area contributed by atoms with E-state index in [1.165, 1.54) is 0 Å². The van der Waals surface area contributed by atoms with Crippen molar-refractivity contribution in [2.24, 2.45) is 0 Å². The Hall–Kier alpha value is -2.23. The van der Waals surface area contributed by atoms with E-state index >= 15 is 0 Å². The van der Waals surface area contributed by atoms with Crippen molar-refractivity contribution >= 4 is 6.29 Å². The highest BCUT2D eigenvalue weighted by molar-refractivity contribution is 5.83. The maximum absolute atomic E-state index is 11.0. The van der Waals surface area contributed by atoms with Crippen LogP contribution >= 0.6 is 0 Å². The first-order chi connectivity index (χ1) is 8.22. The Morgan fingerprint density at radius 2 is 2.12 bits per heavy atom. The Bertz CT molecular complexity index is 543. The molecule has 0 amide bonds. The van der Waals surface area contributed by atoms with E-state index in [1.807, 2.05) is 37.3 Å². The Morgan fingerprint density at radius 3 is 2.71 bits per heavy atom. The second-order valence-corrected chi connectivity index (χ2v) is 3.92. The van der Waals surface area contributed by atoms with E-state index in [1.54, 1.807) is 4.68 Å². The first-order valence-corrected chi connectivity index (χ1v) is 5.31. The second-order valence-electron chi connectivity index (χ2n) is 3.92. The van der Waals surface area contributed by atoms with Crippen LogP contribution in [0.3, 0.4) is 0 Å². The van der Waals surface area contributed by atoms with Crippen LogP contribution in [0.5, 0.6) is 0 Å². The molecule has 0 aliphatic heterocycles. The van der Waals surface area contributed by atoms with Gasteiger partial charge in [0.25, 0.3) is 0 Å². The van der Waals surface area contributed by atoms with Gasteiger partial charge in [0, 0.05) is 5.56 Å². The van der Waals surface area contributed by atoms with E-state index in [4.69, 9.17) is 0 Å². The van der Waals surface area contributed by atoms with Crippen molar-refractivity contribution in [1.82, 2.24) is 15.0 Å². The first-order valence-electron chi connectivity index (χ1n) is 5.31. The van der Waals surface area contributed by atoms with E-state index in [9.17, 15) is 4.79 Å². The molecular formula is C13H13N3O. The second kappa shape index (κ2) is 4.74. The molecule has 4 nitrogen and oxygen atoms in total. The minimum Gasteiger partial charge on any atom is -0.296 e. The Kier molecular flexibility index (Phi) is 3.14. The van der Waals surface area contributed by atoms with Crippen molar-refractivity contribution < 1.29 is 4.79 Å². The van der Waals surface area contributed by atoms with E-state index in [2.05, 4.69) is 16.9 Å². The van der Waals surface area contributed by atoms with Gasteiger partial charge in [-0.25, -0.2) is 4.68 Å². The van der Waals surface area contributed by atoms with Gasteiger partial charge in [0.1, 0.15) is 0 Å². The molecular weight excluding hydrogens is 214 g/mol. The first kappa shape index (κ1) is 11.3. The molecule has 2 rings (SSSR count). The fourth-order valence-corrected chi connectivity index (χ4v) is 1.67. The Labute approximate surface area is 99.6 Å². The highest BCUT2D eigenvalue weighted by atomic mass is 16.1. The molecule has 0 atom stereocenters. The van der Waals surface area contributed by atoms with Crippen LogP contribution in [0.25, 0.3) is 11.3 Å². The van der Waals surface area contributed by atoms with E-state index in [-0.39, 0.29) is 0 Å². The summed E-state index contributed by atoms with van der Waals surface area (Å²) in [6, 6.07) is 9.63. The molecule has 2 aromatic rings. The van der Waals surface area contributed by atoms with Crippen molar-refractivity contribution in [3.05, 3.63) is 48.2 Å². The van der Waals surface area contributed by atoms with Gasteiger partial charge in [0.05, 0.1) is 12.2 Å². The fourth-order valence-electron chi connectivity index (χ4n) is 1.67. The van der Waals surface area contributed by atoms with E-state index < -0.39 is 0 Å². The number of carbonyl (C=O) groups excluding carboxylic acids is 1. The van der Waals surface area contributed by atoms with Gasteiger partial charge in [-0.2, -0.15) is 0 Å². The summed E-state index contributed by atoms with van der Waals surface area (Å²) < 4.78 is 1.70. The van der Waals surface area contributed by atoms with Crippen molar-refractivity contribution in [3.8, 4) is 11.3 Å². The summed E-state index contributed by atoms with van der Waals surface area (Å²) >= 11 is 0. The van der Waals surface area contributed by atoms with Crippen molar-refractivity contribution in [3.63, 3.8) is 0 Å². The third kappa shape index (κ3) is 2.30. The normalized spacial score (nSPS) is 10.2. The molecule has 1 aromatic carbocycles. The number of hydrogen-bond acceptors (Lipinski definition) is 3. The predicted octanol–water partition coefficient (Wildman–Crippen LogP) is 2.33. The van der Waals surface area contributed by atoms with Crippen molar-refractivity contribution in [2.75, 3.05) is 0 Å². The zero-order valence-electron chi connectivity index (χ0n) is 9.63. The molecule has 1 aromatic heterocycles. The summed E-state index contributed by atoms with van der Waals surface area (Å²) in [5.74, 6) is 0. The highest BCUT2D eigenvalue weighted by Gasteiger charge is 2.13. The SMILES string of the molecule is C=C(C)Cn1nnc(C=O)c1-c1ccccc1.